The van der Waals surface area contributed by atoms with Crippen molar-refractivity contribution in [3.8, 4) is 0 Å². The van der Waals surface area contributed by atoms with Crippen LogP contribution < -0.4 is 0 Å². The smallest absolute Gasteiger partial charge is 0.180 e. The van der Waals surface area contributed by atoms with Crippen molar-refractivity contribution in [3.63, 3.8) is 0 Å². The van der Waals surface area contributed by atoms with Gasteiger partial charge >= 0.3 is 37.8 Å². The van der Waals surface area contributed by atoms with Crippen LogP contribution in [0.1, 0.15) is 0 Å². The average Bonchev–Trinajstić information content (AvgIpc) is 2.11. The molecule has 0 aliphatic carbocycles. The maximum Gasteiger partial charge on any atom is 0.180 e. The Bertz CT molecular complexity index is 136. The molecule has 0 saturated heterocycles. The second-order valence-electron chi connectivity index (χ2n) is 0.958. The van der Waals surface area contributed by atoms with Crippen molar-refractivity contribution in [2.75, 3.05) is 0 Å². The first-order valence-electron chi connectivity index (χ1n) is 1.97. The first-order valence-corrected chi connectivity index (χ1v) is 3.28. The van der Waals surface area contributed by atoms with E-state index in [1.54, 1.807) is 6.20 Å². The van der Waals surface area contributed by atoms with Gasteiger partial charge in [0, 0.05) is 0 Å². The zero-order chi connectivity index (χ0) is 7.11. The topological polar surface area (TPSA) is 115 Å². The van der Waals surface area contributed by atoms with Crippen LogP contribution in [0, 0.1) is 0 Å². The average molecular weight is 193 g/mol. The summed E-state index contributed by atoms with van der Waals surface area (Å²) in [5.41, 5.74) is 0. The van der Waals surface area contributed by atoms with Gasteiger partial charge in [0.1, 0.15) is 6.26 Å². The molecule has 0 amide bonds. The van der Waals surface area contributed by atoms with Crippen molar-refractivity contribution < 1.29 is 24.2 Å². The van der Waals surface area contributed by atoms with Crippen LogP contribution in [0.15, 0.2) is 23.3 Å². The number of oxazole rings is 1. The molecular weight excluding hydrogens is 184 g/mol. The van der Waals surface area contributed by atoms with Gasteiger partial charge in [-0.1, -0.05) is 0 Å². The minimum absolute atomic E-state index is 0. The van der Waals surface area contributed by atoms with Crippen LogP contribution >= 0.6 is 8.25 Å². The van der Waals surface area contributed by atoms with Crippen molar-refractivity contribution in [1.82, 2.24) is 4.98 Å². The Morgan fingerprint density at radius 3 is 2.00 bits per heavy atom. The molecule has 8 heteroatoms. The van der Waals surface area contributed by atoms with E-state index in [1.807, 2.05) is 0 Å². The molecule has 4 N–H and O–H groups in total. The summed E-state index contributed by atoms with van der Waals surface area (Å²) in [5.74, 6) is 0. The van der Waals surface area contributed by atoms with E-state index < -0.39 is 8.25 Å². The molecule has 11 heavy (non-hydrogen) atoms. The third kappa shape index (κ3) is 25.2. The van der Waals surface area contributed by atoms with Gasteiger partial charge in [0.25, 0.3) is 0 Å². The molecule has 1 aromatic rings. The van der Waals surface area contributed by atoms with Gasteiger partial charge in [0.2, 0.25) is 0 Å². The molecule has 62 valence electrons. The van der Waals surface area contributed by atoms with Crippen LogP contribution in [0.3, 0.4) is 0 Å². The Morgan fingerprint density at radius 1 is 1.45 bits per heavy atom. The van der Waals surface area contributed by atoms with Crippen LogP contribution in [0.4, 0.5) is 0 Å². The maximum atomic E-state index is 8.74. The molecule has 1 heterocycles. The summed E-state index contributed by atoms with van der Waals surface area (Å²) >= 11 is 0. The van der Waals surface area contributed by atoms with Crippen molar-refractivity contribution in [2.45, 2.75) is 0 Å². The fraction of sp³-hybridized carbons (Fsp3) is 0. The Hall–Kier alpha value is 0.320. The summed E-state index contributed by atoms with van der Waals surface area (Å²) < 4.78 is 13.2. The maximum absolute atomic E-state index is 8.74. The van der Waals surface area contributed by atoms with E-state index in [2.05, 4.69) is 9.40 Å². The molecule has 0 aliphatic rings. The first kappa shape index (κ1) is 17.4. The van der Waals surface area contributed by atoms with Crippen LogP contribution in [-0.4, -0.2) is 49.8 Å². The molecule has 0 atom stereocenters. The van der Waals surface area contributed by atoms with Crippen molar-refractivity contribution in [3.05, 3.63) is 18.9 Å². The quantitative estimate of drug-likeness (QED) is 0.386. The van der Waals surface area contributed by atoms with E-state index >= 15 is 0 Å². The van der Waals surface area contributed by atoms with E-state index in [1.165, 1.54) is 12.7 Å². The minimum atomic E-state index is -3.13. The fourth-order valence-corrected chi connectivity index (χ4v) is 0.176. The number of aromatic nitrogens is 1. The van der Waals surface area contributed by atoms with Gasteiger partial charge in [-0.25, -0.2) is 4.98 Å². The largest absolute Gasteiger partial charge is 0.452 e. The number of hydrogen-bond donors (Lipinski definition) is 2. The molecule has 0 aliphatic heterocycles. The van der Waals surface area contributed by atoms with Gasteiger partial charge in [-0.15, -0.1) is 0 Å². The molecule has 1 aromatic heterocycles. The third-order valence-corrected chi connectivity index (χ3v) is 0.347. The Balaban J connectivity index is -0.000000101. The molecule has 1 rings (SSSR count). The SMILES string of the molecule is O.O=[PH](O)O.[NaH].c1cocn1. The van der Waals surface area contributed by atoms with Crippen LogP contribution in [0.2, 0.25) is 0 Å². The number of rotatable bonds is 0. The molecule has 0 aromatic carbocycles. The predicted octanol–water partition coefficient (Wildman–Crippen LogP) is -1.44. The summed E-state index contributed by atoms with van der Waals surface area (Å²) in [5, 5.41) is 0. The summed E-state index contributed by atoms with van der Waals surface area (Å²) in [6.07, 6.45) is 4.47. The predicted molar refractivity (Wildman–Crippen MR) is 40.7 cm³/mol. The van der Waals surface area contributed by atoms with Crippen LogP contribution in [-0.2, 0) is 4.57 Å². The summed E-state index contributed by atoms with van der Waals surface area (Å²) in [7, 11) is -3.13. The fourth-order valence-electron chi connectivity index (χ4n) is 0.176. The molecule has 0 saturated carbocycles. The van der Waals surface area contributed by atoms with Crippen molar-refractivity contribution in [2.24, 2.45) is 0 Å². The van der Waals surface area contributed by atoms with Crippen molar-refractivity contribution >= 4 is 37.8 Å². The Morgan fingerprint density at radius 2 is 1.91 bits per heavy atom. The van der Waals surface area contributed by atoms with Gasteiger partial charge in [-0.05, 0) is 0 Å². The standard InChI is InChI=1S/C3H3NO.Na.H3O3P.H2O.H/c1-2-5-3-4-1;;1-4(2)3;;/h1-3H;;4H,(H2,1,2,3);1H2;. The van der Waals surface area contributed by atoms with E-state index in [0.29, 0.717) is 0 Å². The summed E-state index contributed by atoms with van der Waals surface area (Å²) in [6.45, 7) is 0. The molecule has 6 nitrogen and oxygen atoms in total. The summed E-state index contributed by atoms with van der Waals surface area (Å²) in [6, 6.07) is 0. The van der Waals surface area contributed by atoms with Gasteiger partial charge in [0.05, 0.1) is 6.20 Å². The Kier molecular flexibility index (Phi) is 20.5. The monoisotopic (exact) mass is 193 g/mol. The van der Waals surface area contributed by atoms with Gasteiger partial charge in [-0.2, -0.15) is 0 Å². The van der Waals surface area contributed by atoms with E-state index in [0.717, 1.165) is 0 Å². The first-order chi connectivity index (χ1) is 4.23. The number of nitrogens with zero attached hydrogens (tertiary/aromatic N) is 1. The second kappa shape index (κ2) is 12.9. The zero-order valence-corrected chi connectivity index (χ0v) is 5.89. The van der Waals surface area contributed by atoms with Gasteiger partial charge in [0.15, 0.2) is 6.39 Å². The normalized spacial score (nSPS) is 6.82. The van der Waals surface area contributed by atoms with Crippen LogP contribution in [0.5, 0.6) is 0 Å². The molecular formula is C3H9NNaO5P. The van der Waals surface area contributed by atoms with Crippen LogP contribution in [0.25, 0.3) is 0 Å². The summed E-state index contributed by atoms with van der Waals surface area (Å²) in [4.78, 5) is 17.9. The van der Waals surface area contributed by atoms with E-state index in [-0.39, 0.29) is 35.0 Å². The van der Waals surface area contributed by atoms with E-state index in [9.17, 15) is 0 Å². The Labute approximate surface area is 85.8 Å². The molecule has 0 spiro atoms. The molecule has 0 unspecified atom stereocenters. The van der Waals surface area contributed by atoms with Crippen molar-refractivity contribution in [1.29, 1.82) is 0 Å². The molecule has 0 fully saturated rings. The third-order valence-electron chi connectivity index (χ3n) is 0.347. The second-order valence-corrected chi connectivity index (χ2v) is 1.52. The number of hydrogen-bond acceptors (Lipinski definition) is 3. The molecule has 0 bridgehead atoms. The van der Waals surface area contributed by atoms with Gasteiger partial charge in [-0.3, -0.25) is 4.57 Å². The molecule has 0 radical (unpaired) electrons. The van der Waals surface area contributed by atoms with Gasteiger partial charge < -0.3 is 19.7 Å². The van der Waals surface area contributed by atoms with E-state index in [4.69, 9.17) is 14.4 Å². The minimum Gasteiger partial charge on any atom is -0.452 e. The zero-order valence-electron chi connectivity index (χ0n) is 4.89.